The predicted molar refractivity (Wildman–Crippen MR) is 129 cm³/mol. The fraction of sp³-hybridized carbons (Fsp3) is 0.400. The lowest BCUT2D eigenvalue weighted by Crippen LogP contribution is -3.14. The molecular formula is C25H30N4O6S. The first kappa shape index (κ1) is 26.0. The number of quaternary nitrogens is 1. The summed E-state index contributed by atoms with van der Waals surface area (Å²) in [5.74, 6) is -2.13. The van der Waals surface area contributed by atoms with Gasteiger partial charge in [-0.2, -0.15) is 0 Å². The summed E-state index contributed by atoms with van der Waals surface area (Å²) in [7, 11) is -0.835. The number of hydrogen-bond donors (Lipinski definition) is 1. The number of rotatable bonds is 8. The minimum Gasteiger partial charge on any atom is -0.872 e. The molecule has 10 nitrogen and oxygen atoms in total. The van der Waals surface area contributed by atoms with Crippen molar-refractivity contribution in [1.29, 1.82) is 0 Å². The Bertz CT molecular complexity index is 1240. The highest BCUT2D eigenvalue weighted by molar-refractivity contribution is 7.89. The van der Waals surface area contributed by atoms with Gasteiger partial charge in [0.1, 0.15) is 13.1 Å². The average molecular weight is 515 g/mol. The third-order valence-corrected chi connectivity index (χ3v) is 8.40. The van der Waals surface area contributed by atoms with Gasteiger partial charge in [-0.25, -0.2) is 12.7 Å². The maximum atomic E-state index is 13.5. The van der Waals surface area contributed by atoms with Gasteiger partial charge < -0.3 is 19.6 Å². The van der Waals surface area contributed by atoms with Crippen molar-refractivity contribution in [3.63, 3.8) is 0 Å². The normalized spacial score (nSPS) is 20.9. The van der Waals surface area contributed by atoms with Crippen LogP contribution >= 0.6 is 0 Å². The van der Waals surface area contributed by atoms with Crippen molar-refractivity contribution in [3.05, 3.63) is 65.5 Å². The first-order valence-electron chi connectivity index (χ1n) is 11.8. The molecule has 2 aliphatic heterocycles. The van der Waals surface area contributed by atoms with Gasteiger partial charge in [0.2, 0.25) is 15.8 Å². The number of carbonyl (C=O) groups is 2. The third-order valence-electron chi connectivity index (χ3n) is 6.58. The first-order valence-corrected chi connectivity index (χ1v) is 13.3. The zero-order chi connectivity index (χ0) is 25.9. The van der Waals surface area contributed by atoms with E-state index in [1.165, 1.54) is 48.2 Å². The van der Waals surface area contributed by atoms with Crippen molar-refractivity contribution >= 4 is 27.5 Å². The second kappa shape index (κ2) is 10.9. The fourth-order valence-electron chi connectivity index (χ4n) is 4.55. The molecule has 1 unspecified atom stereocenters. The molecule has 2 saturated heterocycles. The molecule has 192 valence electrons. The zero-order valence-corrected chi connectivity index (χ0v) is 21.2. The number of benzene rings is 1. The van der Waals surface area contributed by atoms with Crippen LogP contribution in [0.5, 0.6) is 0 Å². The number of pyridine rings is 1. The number of sulfonamides is 1. The van der Waals surface area contributed by atoms with E-state index in [-0.39, 0.29) is 16.0 Å². The number of aromatic nitrogens is 1. The Morgan fingerprint density at radius 1 is 1.11 bits per heavy atom. The van der Waals surface area contributed by atoms with Crippen LogP contribution in [-0.4, -0.2) is 87.8 Å². The molecule has 4 rings (SSSR count). The molecule has 0 radical (unpaired) electrons. The lowest BCUT2D eigenvalue weighted by Gasteiger charge is -2.28. The Morgan fingerprint density at radius 3 is 2.36 bits per heavy atom. The van der Waals surface area contributed by atoms with Crippen molar-refractivity contribution in [2.75, 3.05) is 53.5 Å². The molecule has 3 heterocycles. The van der Waals surface area contributed by atoms with E-state index in [2.05, 4.69) is 4.98 Å². The number of morpholine rings is 1. The largest absolute Gasteiger partial charge is 0.872 e. The van der Waals surface area contributed by atoms with Crippen LogP contribution in [-0.2, 0) is 24.3 Å². The lowest BCUT2D eigenvalue weighted by atomic mass is 9.96. The van der Waals surface area contributed by atoms with Crippen molar-refractivity contribution in [3.8, 4) is 0 Å². The number of likely N-dealkylation sites (tertiary alicyclic amines) is 1. The molecule has 1 N–H and O–H groups in total. The molecule has 0 bridgehead atoms. The van der Waals surface area contributed by atoms with Gasteiger partial charge in [0, 0.05) is 45.0 Å². The van der Waals surface area contributed by atoms with Gasteiger partial charge in [-0.1, -0.05) is 17.9 Å². The molecule has 0 spiro atoms. The average Bonchev–Trinajstić information content (AvgIpc) is 3.14. The number of nitrogens with one attached hydrogen (secondary N) is 1. The van der Waals surface area contributed by atoms with E-state index >= 15 is 0 Å². The van der Waals surface area contributed by atoms with Gasteiger partial charge in [0.15, 0.2) is 0 Å². The van der Waals surface area contributed by atoms with Crippen molar-refractivity contribution < 1.29 is 32.8 Å². The van der Waals surface area contributed by atoms with Gasteiger partial charge in [-0.05, 0) is 35.4 Å². The molecular weight excluding hydrogens is 484 g/mol. The van der Waals surface area contributed by atoms with Gasteiger partial charge in [0.05, 0.1) is 30.7 Å². The topological polar surface area (TPSA) is 124 Å². The number of Topliss-reactive ketones (excluding diaryl/α,β-unsaturated/α-hetero) is 1. The number of hydrogen-bond acceptors (Lipinski definition) is 7. The second-order valence-electron chi connectivity index (χ2n) is 9.03. The number of amides is 1. The minimum absolute atomic E-state index is 0.0285. The monoisotopic (exact) mass is 514 g/mol. The van der Waals surface area contributed by atoms with Crippen molar-refractivity contribution in [1.82, 2.24) is 14.2 Å². The summed E-state index contributed by atoms with van der Waals surface area (Å²) < 4.78 is 31.2. The summed E-state index contributed by atoms with van der Waals surface area (Å²) in [6, 6.07) is 7.96. The first-order chi connectivity index (χ1) is 17.2. The molecule has 0 saturated carbocycles. The van der Waals surface area contributed by atoms with E-state index in [9.17, 15) is 23.1 Å². The maximum Gasteiger partial charge on any atom is 0.295 e. The van der Waals surface area contributed by atoms with Crippen LogP contribution in [0.2, 0.25) is 0 Å². The summed E-state index contributed by atoms with van der Waals surface area (Å²) in [5, 5.41) is 13.5. The van der Waals surface area contributed by atoms with Crippen LogP contribution in [0, 0.1) is 0 Å². The molecule has 1 amide bonds. The smallest absolute Gasteiger partial charge is 0.295 e. The highest BCUT2D eigenvalue weighted by Gasteiger charge is 2.44. The van der Waals surface area contributed by atoms with Gasteiger partial charge in [0.25, 0.3) is 5.91 Å². The summed E-state index contributed by atoms with van der Waals surface area (Å²) in [4.78, 5) is 33.1. The molecule has 2 aromatic rings. The predicted octanol–water partition coefficient (Wildman–Crippen LogP) is -1.14. The van der Waals surface area contributed by atoms with E-state index in [1.54, 1.807) is 24.5 Å². The highest BCUT2D eigenvalue weighted by Crippen LogP contribution is 2.38. The van der Waals surface area contributed by atoms with Crippen LogP contribution in [0.15, 0.2) is 59.3 Å². The van der Waals surface area contributed by atoms with Crippen LogP contribution in [0.3, 0.4) is 0 Å². The van der Waals surface area contributed by atoms with Crippen LogP contribution < -0.4 is 10.0 Å². The number of nitrogens with zero attached hydrogens (tertiary/aromatic N) is 3. The summed E-state index contributed by atoms with van der Waals surface area (Å²) in [6.45, 7) is 4.37. The molecule has 2 aliphatic rings. The number of ketones is 1. The Morgan fingerprint density at radius 2 is 1.75 bits per heavy atom. The zero-order valence-electron chi connectivity index (χ0n) is 20.3. The van der Waals surface area contributed by atoms with E-state index in [0.29, 0.717) is 31.7 Å². The second-order valence-corrected chi connectivity index (χ2v) is 11.2. The van der Waals surface area contributed by atoms with Crippen molar-refractivity contribution in [2.24, 2.45) is 0 Å². The van der Waals surface area contributed by atoms with E-state index in [0.717, 1.165) is 23.9 Å². The van der Waals surface area contributed by atoms with E-state index < -0.39 is 33.5 Å². The molecule has 36 heavy (non-hydrogen) atoms. The number of ether oxygens (including phenoxy) is 1. The SMILES string of the molecule is CN(C)S(=O)(=O)c1ccc(C([O-])=C2C(=O)C(=O)N(CCC[NH+]3CCOCC3)C2c2ccncc2)cc1. The molecule has 0 aliphatic carbocycles. The Labute approximate surface area is 210 Å². The lowest BCUT2D eigenvalue weighted by molar-refractivity contribution is -0.908. The molecule has 1 atom stereocenters. The summed E-state index contributed by atoms with van der Waals surface area (Å²) in [5.41, 5.74) is 0.633. The third kappa shape index (κ3) is 5.19. The fourth-order valence-corrected chi connectivity index (χ4v) is 5.45. The van der Waals surface area contributed by atoms with Crippen LogP contribution in [0.25, 0.3) is 5.76 Å². The summed E-state index contributed by atoms with van der Waals surface area (Å²) >= 11 is 0. The van der Waals surface area contributed by atoms with E-state index in [1.807, 2.05) is 0 Å². The Kier molecular flexibility index (Phi) is 7.84. The van der Waals surface area contributed by atoms with Gasteiger partial charge >= 0.3 is 0 Å². The van der Waals surface area contributed by atoms with Crippen molar-refractivity contribution in [2.45, 2.75) is 17.4 Å². The Hall–Kier alpha value is -3.12. The van der Waals surface area contributed by atoms with E-state index in [4.69, 9.17) is 4.74 Å². The quantitative estimate of drug-likeness (QED) is 0.268. The highest BCUT2D eigenvalue weighted by atomic mass is 32.2. The molecule has 2 fully saturated rings. The van der Waals surface area contributed by atoms with Crippen LogP contribution in [0.4, 0.5) is 0 Å². The maximum absolute atomic E-state index is 13.5. The standard InChI is InChI=1S/C25H30N4O6S/c1-27(2)36(33,34)20-6-4-19(5-7-20)23(30)21-22(18-8-10-26-11-9-18)29(25(32)24(21)31)13-3-12-28-14-16-35-17-15-28/h4-11,22,30H,3,12-17H2,1-2H3. The minimum atomic E-state index is -3.67. The summed E-state index contributed by atoms with van der Waals surface area (Å²) in [6.07, 6.45) is 3.79. The molecule has 1 aromatic carbocycles. The van der Waals surface area contributed by atoms with Crippen LogP contribution in [0.1, 0.15) is 23.6 Å². The molecule has 1 aromatic heterocycles. The Balaban J connectivity index is 1.66. The van der Waals surface area contributed by atoms with Gasteiger partial charge in [-0.3, -0.25) is 14.6 Å². The number of carbonyl (C=O) groups excluding carboxylic acids is 2. The molecule has 11 heteroatoms. The van der Waals surface area contributed by atoms with Gasteiger partial charge in [-0.15, -0.1) is 0 Å².